The van der Waals surface area contributed by atoms with Gasteiger partial charge < -0.3 is 9.88 Å². The number of aromatic amines is 1. The highest BCUT2D eigenvalue weighted by molar-refractivity contribution is 6.35. The molecule has 0 atom stereocenters. The zero-order valence-corrected chi connectivity index (χ0v) is 13.1. The van der Waals surface area contributed by atoms with Crippen molar-refractivity contribution in [2.45, 2.75) is 19.3 Å². The van der Waals surface area contributed by atoms with Crippen molar-refractivity contribution in [3.05, 3.63) is 47.9 Å². The molecule has 1 aliphatic heterocycles. The molecule has 4 rings (SSSR count). The highest BCUT2D eigenvalue weighted by Gasteiger charge is 2.18. The van der Waals surface area contributed by atoms with E-state index in [1.54, 1.807) is 6.20 Å². The van der Waals surface area contributed by atoms with Gasteiger partial charge in [0.1, 0.15) is 5.15 Å². The maximum Gasteiger partial charge on any atom is 0.138 e. The summed E-state index contributed by atoms with van der Waals surface area (Å²) >= 11 is 6.35. The van der Waals surface area contributed by atoms with Crippen LogP contribution in [0.25, 0.3) is 22.0 Å². The lowest BCUT2D eigenvalue weighted by Crippen LogP contribution is -2.29. The molecule has 0 saturated carbocycles. The van der Waals surface area contributed by atoms with Gasteiger partial charge in [0.2, 0.25) is 0 Å². The van der Waals surface area contributed by atoms with Crippen molar-refractivity contribution in [3.8, 4) is 11.1 Å². The first-order valence-corrected chi connectivity index (χ1v) is 8.18. The molecule has 1 saturated heterocycles. The van der Waals surface area contributed by atoms with E-state index in [1.165, 1.54) is 30.5 Å². The lowest BCUT2D eigenvalue weighted by Gasteiger charge is -2.30. The fraction of sp³-hybridized carbons (Fsp3) is 0.278. The topological polar surface area (TPSA) is 31.9 Å². The number of hydrogen-bond donors (Lipinski definition) is 1. The average Bonchev–Trinajstić information content (AvgIpc) is 3.01. The standard InChI is InChI=1S/C18H18ClN3/c19-18-17-14(12-21-15(17)8-9-20-18)13-6-2-3-7-16(13)22-10-4-1-5-11-22/h2-3,6-9,12,21H,1,4-5,10-11H2. The SMILES string of the molecule is Clc1nccc2[nH]cc(-c3ccccc3N3CCCCC3)c12. The third-order valence-electron chi connectivity index (χ3n) is 4.44. The molecule has 3 nitrogen and oxygen atoms in total. The molecule has 22 heavy (non-hydrogen) atoms. The van der Waals surface area contributed by atoms with Crippen LogP contribution in [0, 0.1) is 0 Å². The van der Waals surface area contributed by atoms with E-state index in [1.807, 2.05) is 12.3 Å². The van der Waals surface area contributed by atoms with Crippen LogP contribution in [0.4, 0.5) is 5.69 Å². The number of benzene rings is 1. The van der Waals surface area contributed by atoms with Gasteiger partial charge in [-0.25, -0.2) is 4.98 Å². The van der Waals surface area contributed by atoms with E-state index in [9.17, 15) is 0 Å². The third-order valence-corrected chi connectivity index (χ3v) is 4.72. The molecular formula is C18H18ClN3. The third kappa shape index (κ3) is 2.26. The number of anilines is 1. The first-order chi connectivity index (χ1) is 10.8. The maximum absolute atomic E-state index is 6.35. The summed E-state index contributed by atoms with van der Waals surface area (Å²) in [4.78, 5) is 10.0. The number of piperidine rings is 1. The second-order valence-electron chi connectivity index (χ2n) is 5.79. The van der Waals surface area contributed by atoms with Gasteiger partial charge in [-0.1, -0.05) is 29.8 Å². The molecule has 4 heteroatoms. The summed E-state index contributed by atoms with van der Waals surface area (Å²) in [7, 11) is 0. The fourth-order valence-electron chi connectivity index (χ4n) is 3.36. The van der Waals surface area contributed by atoms with E-state index in [0.717, 1.165) is 29.6 Å². The predicted octanol–water partition coefficient (Wildman–Crippen LogP) is 4.87. The number of hydrogen-bond acceptors (Lipinski definition) is 2. The Labute approximate surface area is 134 Å². The van der Waals surface area contributed by atoms with Crippen molar-refractivity contribution in [2.75, 3.05) is 18.0 Å². The first kappa shape index (κ1) is 13.6. The second kappa shape index (κ2) is 5.65. The summed E-state index contributed by atoms with van der Waals surface area (Å²) in [5.74, 6) is 0. The smallest absolute Gasteiger partial charge is 0.138 e. The monoisotopic (exact) mass is 311 g/mol. The number of nitrogens with one attached hydrogen (secondary N) is 1. The Hall–Kier alpha value is -2.00. The Morgan fingerprint density at radius 1 is 1.00 bits per heavy atom. The van der Waals surface area contributed by atoms with Crippen molar-refractivity contribution in [3.63, 3.8) is 0 Å². The molecule has 1 fully saturated rings. The number of halogens is 1. The minimum absolute atomic E-state index is 0.558. The van der Waals surface area contributed by atoms with Crippen LogP contribution < -0.4 is 4.90 Å². The summed E-state index contributed by atoms with van der Waals surface area (Å²) < 4.78 is 0. The Kier molecular flexibility index (Phi) is 3.51. The molecule has 0 unspecified atom stereocenters. The molecule has 1 N–H and O–H groups in total. The van der Waals surface area contributed by atoms with Gasteiger partial charge in [0.25, 0.3) is 0 Å². The minimum Gasteiger partial charge on any atom is -0.371 e. The average molecular weight is 312 g/mol. The van der Waals surface area contributed by atoms with Gasteiger partial charge in [0.15, 0.2) is 0 Å². The van der Waals surface area contributed by atoms with Gasteiger partial charge in [-0.05, 0) is 31.4 Å². The van der Waals surface area contributed by atoms with Crippen LogP contribution in [0.15, 0.2) is 42.7 Å². The predicted molar refractivity (Wildman–Crippen MR) is 92.6 cm³/mol. The van der Waals surface area contributed by atoms with Crippen molar-refractivity contribution >= 4 is 28.2 Å². The molecule has 3 aromatic rings. The van der Waals surface area contributed by atoms with Crippen molar-refractivity contribution < 1.29 is 0 Å². The first-order valence-electron chi connectivity index (χ1n) is 7.80. The zero-order valence-electron chi connectivity index (χ0n) is 12.3. The minimum atomic E-state index is 0.558. The van der Waals surface area contributed by atoms with Gasteiger partial charge in [-0.15, -0.1) is 0 Å². The molecule has 0 spiro atoms. The summed E-state index contributed by atoms with van der Waals surface area (Å²) in [6.07, 6.45) is 7.65. The van der Waals surface area contributed by atoms with E-state index in [4.69, 9.17) is 11.6 Å². The van der Waals surface area contributed by atoms with Crippen molar-refractivity contribution in [2.24, 2.45) is 0 Å². The van der Waals surface area contributed by atoms with Crippen LogP contribution in [-0.4, -0.2) is 23.1 Å². The number of para-hydroxylation sites is 1. The normalized spacial score (nSPS) is 15.4. The van der Waals surface area contributed by atoms with Gasteiger partial charge in [-0.2, -0.15) is 0 Å². The Balaban J connectivity index is 1.88. The summed E-state index contributed by atoms with van der Waals surface area (Å²) in [6, 6.07) is 10.6. The van der Waals surface area contributed by atoms with Crippen LogP contribution in [0.3, 0.4) is 0 Å². The Morgan fingerprint density at radius 3 is 2.68 bits per heavy atom. The zero-order chi connectivity index (χ0) is 14.9. The van der Waals surface area contributed by atoms with Crippen molar-refractivity contribution in [1.29, 1.82) is 0 Å². The molecule has 0 amide bonds. The van der Waals surface area contributed by atoms with Crippen LogP contribution in [0.2, 0.25) is 5.15 Å². The molecule has 1 aliphatic rings. The molecule has 0 aliphatic carbocycles. The number of aromatic nitrogens is 2. The van der Waals surface area contributed by atoms with Crippen LogP contribution >= 0.6 is 11.6 Å². The van der Waals surface area contributed by atoms with Gasteiger partial charge in [0.05, 0.1) is 5.52 Å². The number of rotatable bonds is 2. The quantitative estimate of drug-likeness (QED) is 0.684. The Morgan fingerprint density at radius 2 is 1.82 bits per heavy atom. The van der Waals surface area contributed by atoms with Gasteiger partial charge in [-0.3, -0.25) is 0 Å². The molecule has 112 valence electrons. The van der Waals surface area contributed by atoms with Crippen LogP contribution in [0.1, 0.15) is 19.3 Å². The lowest BCUT2D eigenvalue weighted by molar-refractivity contribution is 0.578. The highest BCUT2D eigenvalue weighted by Crippen LogP contribution is 2.38. The number of pyridine rings is 1. The summed E-state index contributed by atoms with van der Waals surface area (Å²) in [6.45, 7) is 2.26. The lowest BCUT2D eigenvalue weighted by atomic mass is 10.0. The van der Waals surface area contributed by atoms with E-state index in [0.29, 0.717) is 5.15 Å². The summed E-state index contributed by atoms with van der Waals surface area (Å²) in [5.41, 5.74) is 4.69. The number of fused-ring (bicyclic) bond motifs is 1. The van der Waals surface area contributed by atoms with E-state index < -0.39 is 0 Å². The van der Waals surface area contributed by atoms with Gasteiger partial charge in [0, 0.05) is 47.7 Å². The molecule has 1 aromatic carbocycles. The largest absolute Gasteiger partial charge is 0.371 e. The van der Waals surface area contributed by atoms with Crippen molar-refractivity contribution in [1.82, 2.24) is 9.97 Å². The molecular weight excluding hydrogens is 294 g/mol. The maximum atomic E-state index is 6.35. The molecule has 0 radical (unpaired) electrons. The fourth-order valence-corrected chi connectivity index (χ4v) is 3.62. The van der Waals surface area contributed by atoms with E-state index >= 15 is 0 Å². The molecule has 2 aromatic heterocycles. The van der Waals surface area contributed by atoms with Gasteiger partial charge >= 0.3 is 0 Å². The van der Waals surface area contributed by atoms with Crippen LogP contribution in [0.5, 0.6) is 0 Å². The number of nitrogens with zero attached hydrogens (tertiary/aromatic N) is 2. The number of H-pyrrole nitrogens is 1. The van der Waals surface area contributed by atoms with E-state index in [-0.39, 0.29) is 0 Å². The molecule has 3 heterocycles. The Bertz CT molecular complexity index is 803. The highest BCUT2D eigenvalue weighted by atomic mass is 35.5. The summed E-state index contributed by atoms with van der Waals surface area (Å²) in [5, 5.41) is 1.57. The van der Waals surface area contributed by atoms with E-state index in [2.05, 4.69) is 39.1 Å². The second-order valence-corrected chi connectivity index (χ2v) is 6.15. The molecule has 0 bridgehead atoms. The van der Waals surface area contributed by atoms with Crippen LogP contribution in [-0.2, 0) is 0 Å².